The fourth-order valence-electron chi connectivity index (χ4n) is 3.08. The molecule has 0 radical (unpaired) electrons. The Hall–Kier alpha value is -1.57. The average molecular weight is 439 g/mol. The van der Waals surface area contributed by atoms with Crippen LogP contribution in [0.15, 0.2) is 45.8 Å². The van der Waals surface area contributed by atoms with Gasteiger partial charge in [-0.2, -0.15) is 4.31 Å². The topological polar surface area (TPSA) is 58.6 Å². The van der Waals surface area contributed by atoms with Crippen LogP contribution in [0.4, 0.5) is 5.69 Å². The van der Waals surface area contributed by atoms with E-state index in [0.717, 1.165) is 28.6 Å². The summed E-state index contributed by atoms with van der Waals surface area (Å²) < 4.78 is 33.6. The predicted octanol–water partition coefficient (Wildman–Crippen LogP) is 4.16. The molecule has 2 aromatic rings. The molecule has 0 amide bonds. The van der Waals surface area contributed by atoms with Crippen molar-refractivity contribution >= 4 is 31.6 Å². The van der Waals surface area contributed by atoms with Crippen LogP contribution < -0.4 is 10.1 Å². The summed E-state index contributed by atoms with van der Waals surface area (Å²) in [6, 6.07) is 11.3. The molecule has 1 saturated heterocycles. The van der Waals surface area contributed by atoms with Crippen LogP contribution in [0.25, 0.3) is 0 Å². The molecule has 7 heteroatoms. The Morgan fingerprint density at radius 1 is 1.15 bits per heavy atom. The molecule has 0 atom stereocenters. The first-order valence-electron chi connectivity index (χ1n) is 8.59. The average Bonchev–Trinajstić information content (AvgIpc) is 3.18. The zero-order valence-electron chi connectivity index (χ0n) is 15.0. The summed E-state index contributed by atoms with van der Waals surface area (Å²) in [6.45, 7) is 3.85. The molecule has 2 aromatic carbocycles. The summed E-state index contributed by atoms with van der Waals surface area (Å²) >= 11 is 3.50. The van der Waals surface area contributed by atoms with Crippen molar-refractivity contribution in [1.82, 2.24) is 4.31 Å². The first kappa shape index (κ1) is 19.2. The monoisotopic (exact) mass is 438 g/mol. The van der Waals surface area contributed by atoms with Crippen LogP contribution in [-0.2, 0) is 16.6 Å². The maximum atomic E-state index is 12.8. The van der Waals surface area contributed by atoms with Gasteiger partial charge in [0.05, 0.1) is 7.11 Å². The molecular weight excluding hydrogens is 416 g/mol. The summed E-state index contributed by atoms with van der Waals surface area (Å²) in [5.74, 6) is 0.369. The molecule has 1 fully saturated rings. The smallest absolute Gasteiger partial charge is 0.246 e. The van der Waals surface area contributed by atoms with Gasteiger partial charge in [-0.15, -0.1) is 0 Å². The zero-order chi connectivity index (χ0) is 18.7. The predicted molar refractivity (Wildman–Crippen MR) is 107 cm³/mol. The van der Waals surface area contributed by atoms with Crippen molar-refractivity contribution in [3.8, 4) is 5.75 Å². The molecule has 5 nitrogen and oxygen atoms in total. The van der Waals surface area contributed by atoms with Gasteiger partial charge < -0.3 is 10.1 Å². The van der Waals surface area contributed by atoms with Crippen LogP contribution in [-0.4, -0.2) is 32.9 Å². The van der Waals surface area contributed by atoms with Crippen LogP contribution in [0.1, 0.15) is 24.0 Å². The van der Waals surface area contributed by atoms with Crippen molar-refractivity contribution in [2.24, 2.45) is 0 Å². The van der Waals surface area contributed by atoms with E-state index in [-0.39, 0.29) is 4.90 Å². The van der Waals surface area contributed by atoms with Crippen LogP contribution in [0.5, 0.6) is 5.75 Å². The highest BCUT2D eigenvalue weighted by molar-refractivity contribution is 9.10. The number of benzene rings is 2. The Morgan fingerprint density at radius 3 is 2.54 bits per heavy atom. The van der Waals surface area contributed by atoms with E-state index in [1.165, 1.54) is 17.0 Å². The molecule has 0 bridgehead atoms. The van der Waals surface area contributed by atoms with Gasteiger partial charge in [-0.3, -0.25) is 0 Å². The van der Waals surface area contributed by atoms with Crippen LogP contribution >= 0.6 is 15.9 Å². The number of nitrogens with zero attached hydrogens (tertiary/aromatic N) is 1. The lowest BCUT2D eigenvalue weighted by atomic mass is 10.1. The van der Waals surface area contributed by atoms with Gasteiger partial charge in [-0.25, -0.2) is 8.42 Å². The molecule has 0 aliphatic carbocycles. The number of sulfonamides is 1. The quantitative estimate of drug-likeness (QED) is 0.735. The van der Waals surface area contributed by atoms with E-state index < -0.39 is 10.0 Å². The Morgan fingerprint density at radius 2 is 1.88 bits per heavy atom. The lowest BCUT2D eigenvalue weighted by Crippen LogP contribution is -2.28. The maximum Gasteiger partial charge on any atom is 0.246 e. The molecule has 26 heavy (non-hydrogen) atoms. The highest BCUT2D eigenvalue weighted by Gasteiger charge is 2.29. The van der Waals surface area contributed by atoms with E-state index in [1.54, 1.807) is 18.2 Å². The first-order valence-corrected chi connectivity index (χ1v) is 10.8. The molecule has 0 saturated carbocycles. The van der Waals surface area contributed by atoms with E-state index in [2.05, 4.69) is 34.2 Å². The zero-order valence-corrected chi connectivity index (χ0v) is 17.4. The van der Waals surface area contributed by atoms with Crippen molar-refractivity contribution < 1.29 is 13.2 Å². The number of hydrogen-bond acceptors (Lipinski definition) is 4. The van der Waals surface area contributed by atoms with Gasteiger partial charge in [0.25, 0.3) is 0 Å². The molecule has 140 valence electrons. The number of hydrogen-bond donors (Lipinski definition) is 1. The second-order valence-corrected chi connectivity index (χ2v) is 9.17. The Labute approximate surface area is 163 Å². The molecule has 0 unspecified atom stereocenters. The van der Waals surface area contributed by atoms with Crippen molar-refractivity contribution in [3.05, 3.63) is 52.0 Å². The molecule has 0 spiro atoms. The molecule has 1 N–H and O–H groups in total. The van der Waals surface area contributed by atoms with E-state index in [9.17, 15) is 8.42 Å². The van der Waals surface area contributed by atoms with Gasteiger partial charge in [0.1, 0.15) is 10.6 Å². The molecule has 0 aromatic heterocycles. The fraction of sp³-hybridized carbons (Fsp3) is 0.368. The normalized spacial score (nSPS) is 15.2. The van der Waals surface area contributed by atoms with Crippen molar-refractivity contribution in [1.29, 1.82) is 0 Å². The summed E-state index contributed by atoms with van der Waals surface area (Å²) in [7, 11) is -2.00. The second kappa shape index (κ2) is 7.98. The van der Waals surface area contributed by atoms with Crippen molar-refractivity contribution in [3.63, 3.8) is 0 Å². The molecule has 1 aliphatic rings. The van der Waals surface area contributed by atoms with Gasteiger partial charge in [0.15, 0.2) is 0 Å². The molecule has 1 heterocycles. The third-order valence-electron chi connectivity index (χ3n) is 4.57. The first-order chi connectivity index (χ1) is 12.4. The number of methoxy groups -OCH3 is 1. The molecule has 3 rings (SSSR count). The largest absolute Gasteiger partial charge is 0.495 e. The highest BCUT2D eigenvalue weighted by atomic mass is 79.9. The van der Waals surface area contributed by atoms with E-state index in [4.69, 9.17) is 4.74 Å². The van der Waals surface area contributed by atoms with Crippen LogP contribution in [0.2, 0.25) is 0 Å². The SMILES string of the molecule is COc1cc(NCc2ccc(Br)c(C)c2)ccc1S(=O)(=O)N1CCCC1. The van der Waals surface area contributed by atoms with Gasteiger partial charge in [0.2, 0.25) is 10.0 Å². The summed E-state index contributed by atoms with van der Waals surface area (Å²) in [4.78, 5) is 0.229. The minimum atomic E-state index is -3.50. The lowest BCUT2D eigenvalue weighted by Gasteiger charge is -2.18. The number of ether oxygens (including phenoxy) is 1. The van der Waals surface area contributed by atoms with Gasteiger partial charge in [-0.1, -0.05) is 28.1 Å². The summed E-state index contributed by atoms with van der Waals surface area (Å²) in [6.07, 6.45) is 1.82. The number of nitrogens with one attached hydrogen (secondary N) is 1. The van der Waals surface area contributed by atoms with Crippen molar-refractivity contribution in [2.45, 2.75) is 31.2 Å². The third kappa shape index (κ3) is 4.05. The standard InChI is InChI=1S/C19H23BrN2O3S/c1-14-11-15(5-7-17(14)20)13-21-16-6-8-19(18(12-16)25-2)26(23,24)22-9-3-4-10-22/h5-8,11-12,21H,3-4,9-10,13H2,1-2H3. The van der Waals surface area contributed by atoms with Crippen LogP contribution in [0, 0.1) is 6.92 Å². The van der Waals surface area contributed by atoms with E-state index in [0.29, 0.717) is 25.4 Å². The van der Waals surface area contributed by atoms with E-state index >= 15 is 0 Å². The van der Waals surface area contributed by atoms with Crippen LogP contribution in [0.3, 0.4) is 0 Å². The van der Waals surface area contributed by atoms with Gasteiger partial charge in [0, 0.05) is 35.9 Å². The number of halogens is 1. The Bertz CT molecular complexity index is 894. The number of anilines is 1. The summed E-state index contributed by atoms with van der Waals surface area (Å²) in [5, 5.41) is 3.33. The highest BCUT2D eigenvalue weighted by Crippen LogP contribution is 2.31. The van der Waals surface area contributed by atoms with Gasteiger partial charge >= 0.3 is 0 Å². The lowest BCUT2D eigenvalue weighted by molar-refractivity contribution is 0.398. The fourth-order valence-corrected chi connectivity index (χ4v) is 4.98. The Balaban J connectivity index is 1.79. The molecular formula is C19H23BrN2O3S. The van der Waals surface area contributed by atoms with E-state index in [1.807, 2.05) is 12.1 Å². The second-order valence-electron chi connectivity index (χ2n) is 6.41. The number of rotatable bonds is 6. The summed E-state index contributed by atoms with van der Waals surface area (Å²) in [5.41, 5.74) is 3.15. The van der Waals surface area contributed by atoms with Crippen molar-refractivity contribution in [2.75, 3.05) is 25.5 Å². The third-order valence-corrected chi connectivity index (χ3v) is 7.39. The van der Waals surface area contributed by atoms with Gasteiger partial charge in [-0.05, 0) is 49.1 Å². The number of aryl methyl sites for hydroxylation is 1. The maximum absolute atomic E-state index is 12.8. The minimum Gasteiger partial charge on any atom is -0.495 e. The molecule has 1 aliphatic heterocycles. The minimum absolute atomic E-state index is 0.229. The Kier molecular flexibility index (Phi) is 5.89.